The highest BCUT2D eigenvalue weighted by molar-refractivity contribution is 6.09. The lowest BCUT2D eigenvalue weighted by atomic mass is 10.0. The number of nitrogens with zero attached hydrogens (tertiary/aromatic N) is 3. The first-order chi connectivity index (χ1) is 10.6. The molecular formula is C18H21N3O. The molecule has 2 aromatic rings. The van der Waals surface area contributed by atoms with E-state index in [2.05, 4.69) is 21.8 Å². The minimum atomic E-state index is 0.0375. The second-order valence-corrected chi connectivity index (χ2v) is 5.79. The molecule has 1 saturated heterocycles. The van der Waals surface area contributed by atoms with E-state index >= 15 is 0 Å². The van der Waals surface area contributed by atoms with Crippen molar-refractivity contribution in [3.8, 4) is 0 Å². The molecular weight excluding hydrogens is 274 g/mol. The largest absolute Gasteiger partial charge is 0.354 e. The van der Waals surface area contributed by atoms with Gasteiger partial charge in [-0.15, -0.1) is 0 Å². The molecule has 0 N–H and O–H groups in total. The Balaban J connectivity index is 1.82. The maximum Gasteiger partial charge on any atom is 0.194 e. The number of hydrogen-bond acceptors (Lipinski definition) is 4. The number of carbonyl (C=O) groups excluding carboxylic acids is 1. The summed E-state index contributed by atoms with van der Waals surface area (Å²) in [7, 11) is 2.14. The zero-order chi connectivity index (χ0) is 15.5. The highest BCUT2D eigenvalue weighted by atomic mass is 16.1. The number of ketones is 1. The first kappa shape index (κ1) is 14.7. The number of aryl methyl sites for hydroxylation is 1. The first-order valence-electron chi connectivity index (χ1n) is 7.66. The Morgan fingerprint density at radius 3 is 2.32 bits per heavy atom. The minimum absolute atomic E-state index is 0.0375. The Labute approximate surface area is 131 Å². The summed E-state index contributed by atoms with van der Waals surface area (Å²) >= 11 is 0. The van der Waals surface area contributed by atoms with E-state index in [1.807, 2.05) is 49.4 Å². The van der Waals surface area contributed by atoms with Gasteiger partial charge in [-0.2, -0.15) is 0 Å². The van der Waals surface area contributed by atoms with Crippen LogP contribution in [0.4, 0.5) is 5.82 Å². The van der Waals surface area contributed by atoms with E-state index in [1.165, 1.54) is 0 Å². The van der Waals surface area contributed by atoms with Gasteiger partial charge < -0.3 is 9.80 Å². The standard InChI is InChI=1S/C18H21N3O/c1-14-16(18(22)15-6-4-3-5-7-15)8-9-17(19-14)21-12-10-20(2)11-13-21/h3-9H,10-13H2,1-2H3. The van der Waals surface area contributed by atoms with Crippen LogP contribution in [0.2, 0.25) is 0 Å². The predicted octanol–water partition coefficient (Wildman–Crippen LogP) is 2.37. The Bertz CT molecular complexity index is 661. The normalized spacial score (nSPS) is 15.8. The summed E-state index contributed by atoms with van der Waals surface area (Å²) in [6.07, 6.45) is 0. The van der Waals surface area contributed by atoms with Gasteiger partial charge >= 0.3 is 0 Å². The molecule has 1 fully saturated rings. The molecule has 4 heteroatoms. The highest BCUT2D eigenvalue weighted by Crippen LogP contribution is 2.19. The maximum atomic E-state index is 12.5. The predicted molar refractivity (Wildman–Crippen MR) is 88.6 cm³/mol. The number of pyridine rings is 1. The van der Waals surface area contributed by atoms with Gasteiger partial charge in [-0.3, -0.25) is 4.79 Å². The summed E-state index contributed by atoms with van der Waals surface area (Å²) in [6.45, 7) is 5.97. The third-order valence-corrected chi connectivity index (χ3v) is 4.18. The van der Waals surface area contributed by atoms with Gasteiger partial charge in [-0.05, 0) is 26.1 Å². The number of likely N-dealkylation sites (N-methyl/N-ethyl adjacent to an activating group) is 1. The fourth-order valence-electron chi connectivity index (χ4n) is 2.74. The summed E-state index contributed by atoms with van der Waals surface area (Å²) in [6, 6.07) is 13.2. The number of rotatable bonds is 3. The van der Waals surface area contributed by atoms with Gasteiger partial charge in [0.2, 0.25) is 0 Å². The second-order valence-electron chi connectivity index (χ2n) is 5.79. The molecule has 0 bridgehead atoms. The molecule has 1 aliphatic heterocycles. The van der Waals surface area contributed by atoms with E-state index in [1.54, 1.807) is 0 Å². The van der Waals surface area contributed by atoms with Crippen molar-refractivity contribution in [3.63, 3.8) is 0 Å². The number of benzene rings is 1. The molecule has 0 aliphatic carbocycles. The number of aromatic nitrogens is 1. The first-order valence-corrected chi connectivity index (χ1v) is 7.66. The quantitative estimate of drug-likeness (QED) is 0.815. The average Bonchev–Trinajstić information content (AvgIpc) is 2.56. The lowest BCUT2D eigenvalue weighted by Gasteiger charge is -2.33. The van der Waals surface area contributed by atoms with E-state index in [4.69, 9.17) is 0 Å². The van der Waals surface area contributed by atoms with Crippen LogP contribution in [0.15, 0.2) is 42.5 Å². The molecule has 0 amide bonds. The van der Waals surface area contributed by atoms with E-state index in [-0.39, 0.29) is 5.78 Å². The van der Waals surface area contributed by atoms with Gasteiger partial charge in [-0.1, -0.05) is 30.3 Å². The monoisotopic (exact) mass is 295 g/mol. The highest BCUT2D eigenvalue weighted by Gasteiger charge is 2.18. The van der Waals surface area contributed by atoms with Crippen molar-refractivity contribution in [3.05, 3.63) is 59.3 Å². The summed E-state index contributed by atoms with van der Waals surface area (Å²) in [5.74, 6) is 1.01. The van der Waals surface area contributed by atoms with Crippen LogP contribution in [-0.2, 0) is 0 Å². The van der Waals surface area contributed by atoms with Gasteiger partial charge in [0.05, 0.1) is 5.69 Å². The zero-order valence-corrected chi connectivity index (χ0v) is 13.1. The SMILES string of the molecule is Cc1nc(N2CCN(C)CC2)ccc1C(=O)c1ccccc1. The molecule has 0 spiro atoms. The smallest absolute Gasteiger partial charge is 0.194 e. The van der Waals surface area contributed by atoms with Crippen molar-refractivity contribution in [2.24, 2.45) is 0 Å². The van der Waals surface area contributed by atoms with Crippen molar-refractivity contribution in [2.75, 3.05) is 38.1 Å². The molecule has 4 nitrogen and oxygen atoms in total. The number of hydrogen-bond donors (Lipinski definition) is 0. The minimum Gasteiger partial charge on any atom is -0.354 e. The van der Waals surface area contributed by atoms with Gasteiger partial charge in [0.15, 0.2) is 5.78 Å². The van der Waals surface area contributed by atoms with Crippen molar-refractivity contribution < 1.29 is 4.79 Å². The van der Waals surface area contributed by atoms with E-state index < -0.39 is 0 Å². The van der Waals surface area contributed by atoms with Gasteiger partial charge in [0.25, 0.3) is 0 Å². The van der Waals surface area contributed by atoms with Crippen LogP contribution in [0.25, 0.3) is 0 Å². The Morgan fingerprint density at radius 2 is 1.68 bits per heavy atom. The van der Waals surface area contributed by atoms with Crippen LogP contribution < -0.4 is 4.90 Å². The molecule has 114 valence electrons. The Hall–Kier alpha value is -2.20. The summed E-state index contributed by atoms with van der Waals surface area (Å²) in [5.41, 5.74) is 2.19. The Kier molecular flexibility index (Phi) is 4.20. The molecule has 2 heterocycles. The van der Waals surface area contributed by atoms with Crippen LogP contribution in [0.3, 0.4) is 0 Å². The van der Waals surface area contributed by atoms with Gasteiger partial charge in [0.1, 0.15) is 5.82 Å². The molecule has 0 atom stereocenters. The molecule has 0 radical (unpaired) electrons. The van der Waals surface area contributed by atoms with E-state index in [0.717, 1.165) is 37.7 Å². The molecule has 1 aromatic heterocycles. The van der Waals surface area contributed by atoms with Gasteiger partial charge in [0, 0.05) is 37.3 Å². The van der Waals surface area contributed by atoms with Crippen molar-refractivity contribution in [1.82, 2.24) is 9.88 Å². The number of piperazine rings is 1. The van der Waals surface area contributed by atoms with Crippen LogP contribution in [0.1, 0.15) is 21.6 Å². The third-order valence-electron chi connectivity index (χ3n) is 4.18. The van der Waals surface area contributed by atoms with E-state index in [0.29, 0.717) is 11.1 Å². The molecule has 0 saturated carbocycles. The van der Waals surface area contributed by atoms with Crippen molar-refractivity contribution in [1.29, 1.82) is 0 Å². The second kappa shape index (κ2) is 6.28. The van der Waals surface area contributed by atoms with Crippen LogP contribution >= 0.6 is 0 Å². The lowest BCUT2D eigenvalue weighted by Crippen LogP contribution is -2.44. The fourth-order valence-corrected chi connectivity index (χ4v) is 2.74. The van der Waals surface area contributed by atoms with E-state index in [9.17, 15) is 4.79 Å². The van der Waals surface area contributed by atoms with Crippen LogP contribution in [0, 0.1) is 6.92 Å². The molecule has 3 rings (SSSR count). The summed E-state index contributed by atoms with van der Waals surface area (Å²) in [5, 5.41) is 0. The molecule has 1 aromatic carbocycles. The number of carbonyl (C=O) groups is 1. The average molecular weight is 295 g/mol. The zero-order valence-electron chi connectivity index (χ0n) is 13.1. The van der Waals surface area contributed by atoms with Crippen LogP contribution in [0.5, 0.6) is 0 Å². The lowest BCUT2D eigenvalue weighted by molar-refractivity contribution is 0.103. The summed E-state index contributed by atoms with van der Waals surface area (Å²) in [4.78, 5) is 21.8. The molecule has 1 aliphatic rings. The summed E-state index contributed by atoms with van der Waals surface area (Å²) < 4.78 is 0. The molecule has 22 heavy (non-hydrogen) atoms. The fraction of sp³-hybridized carbons (Fsp3) is 0.333. The maximum absolute atomic E-state index is 12.5. The number of anilines is 1. The third kappa shape index (κ3) is 3.02. The topological polar surface area (TPSA) is 36.4 Å². The van der Waals surface area contributed by atoms with Gasteiger partial charge in [-0.25, -0.2) is 4.98 Å². The van der Waals surface area contributed by atoms with Crippen LogP contribution in [-0.4, -0.2) is 48.9 Å². The molecule has 0 unspecified atom stereocenters. The van der Waals surface area contributed by atoms with Crippen molar-refractivity contribution >= 4 is 11.6 Å². The van der Waals surface area contributed by atoms with Crippen molar-refractivity contribution in [2.45, 2.75) is 6.92 Å². The Morgan fingerprint density at radius 1 is 1.00 bits per heavy atom.